The maximum absolute atomic E-state index is 11.9. The van der Waals surface area contributed by atoms with Gasteiger partial charge in [-0.2, -0.15) is 0 Å². The fourth-order valence-electron chi connectivity index (χ4n) is 1.12. The molecule has 2 N–H and O–H groups in total. The van der Waals surface area contributed by atoms with E-state index in [9.17, 15) is 28.0 Å². The number of carbonyl (C=O) groups is 4. The van der Waals surface area contributed by atoms with Crippen LogP contribution < -0.4 is 10.6 Å². The lowest BCUT2D eigenvalue weighted by molar-refractivity contribution is 0.0954. The topological polar surface area (TPSA) is 92.3 Å². The van der Waals surface area contributed by atoms with Crippen LogP contribution in [-0.4, -0.2) is 24.1 Å². The molecule has 0 fully saturated rings. The number of hydrogen-bond acceptors (Lipinski definition) is 4. The SMILES string of the molecule is O=C(F)NC(=O)c1cccc(C(=O)NC(=O)F)c1. The molecule has 8 heteroatoms. The van der Waals surface area contributed by atoms with E-state index in [1.54, 1.807) is 0 Å². The van der Waals surface area contributed by atoms with Gasteiger partial charge in [0.1, 0.15) is 0 Å². The van der Waals surface area contributed by atoms with Crippen molar-refractivity contribution in [3.8, 4) is 0 Å². The Bertz CT molecular complexity index is 487. The minimum Gasteiger partial charge on any atom is -0.269 e. The van der Waals surface area contributed by atoms with E-state index in [4.69, 9.17) is 0 Å². The van der Waals surface area contributed by atoms with E-state index in [0.29, 0.717) is 0 Å². The molecule has 1 aromatic carbocycles. The highest BCUT2D eigenvalue weighted by molar-refractivity contribution is 6.06. The van der Waals surface area contributed by atoms with Crippen LogP contribution in [0.5, 0.6) is 0 Å². The van der Waals surface area contributed by atoms with Gasteiger partial charge in [0.05, 0.1) is 0 Å². The molecule has 1 rings (SSSR count). The Labute approximate surface area is 99.0 Å². The van der Waals surface area contributed by atoms with Gasteiger partial charge in [-0.15, -0.1) is 8.78 Å². The predicted molar refractivity (Wildman–Crippen MR) is 54.4 cm³/mol. The molecule has 94 valence electrons. The molecule has 0 spiro atoms. The van der Waals surface area contributed by atoms with Crippen molar-refractivity contribution in [3.63, 3.8) is 0 Å². The van der Waals surface area contributed by atoms with Gasteiger partial charge < -0.3 is 0 Å². The number of benzene rings is 1. The molecule has 18 heavy (non-hydrogen) atoms. The monoisotopic (exact) mass is 256 g/mol. The third kappa shape index (κ3) is 3.74. The third-order valence-corrected chi connectivity index (χ3v) is 1.81. The van der Waals surface area contributed by atoms with E-state index in [0.717, 1.165) is 6.07 Å². The van der Waals surface area contributed by atoms with Gasteiger partial charge in [-0.1, -0.05) is 6.07 Å². The highest BCUT2D eigenvalue weighted by Gasteiger charge is 2.13. The number of imide groups is 2. The van der Waals surface area contributed by atoms with E-state index in [-0.39, 0.29) is 11.1 Å². The smallest absolute Gasteiger partial charge is 0.269 e. The molecule has 0 bridgehead atoms. The summed E-state index contributed by atoms with van der Waals surface area (Å²) in [5.74, 6) is -2.13. The summed E-state index contributed by atoms with van der Waals surface area (Å²) < 4.78 is 23.8. The summed E-state index contributed by atoms with van der Waals surface area (Å²) in [5, 5.41) is 2.70. The van der Waals surface area contributed by atoms with Gasteiger partial charge in [-0.3, -0.25) is 20.2 Å². The summed E-state index contributed by atoms with van der Waals surface area (Å²) in [6.07, 6.45) is -4.09. The average molecular weight is 256 g/mol. The Balaban J connectivity index is 2.92. The number of amides is 4. The van der Waals surface area contributed by atoms with Gasteiger partial charge in [0.15, 0.2) is 0 Å². The summed E-state index contributed by atoms with van der Waals surface area (Å²) in [4.78, 5) is 42.5. The fraction of sp³-hybridized carbons (Fsp3) is 0. The minimum absolute atomic E-state index is 0.194. The van der Waals surface area contributed by atoms with E-state index in [1.165, 1.54) is 28.8 Å². The average Bonchev–Trinajstić information content (AvgIpc) is 2.27. The summed E-state index contributed by atoms with van der Waals surface area (Å²) in [6, 6.07) is 4.62. The quantitative estimate of drug-likeness (QED) is 0.616. The van der Waals surface area contributed by atoms with Crippen molar-refractivity contribution in [2.45, 2.75) is 0 Å². The molecule has 1 aromatic rings. The molecule has 0 aromatic heterocycles. The predicted octanol–water partition coefficient (Wildman–Crippen LogP) is 1.33. The second kappa shape index (κ2) is 5.62. The van der Waals surface area contributed by atoms with Crippen molar-refractivity contribution in [1.82, 2.24) is 10.6 Å². The van der Waals surface area contributed by atoms with Crippen molar-refractivity contribution in [2.75, 3.05) is 0 Å². The van der Waals surface area contributed by atoms with Gasteiger partial charge >= 0.3 is 12.3 Å². The molecule has 0 unspecified atom stereocenters. The number of carbonyl (C=O) groups excluding carboxylic acids is 4. The zero-order valence-electron chi connectivity index (χ0n) is 8.70. The standard InChI is InChI=1S/C10H6F2N2O4/c11-9(17)13-7(15)5-2-1-3-6(4-5)8(16)14-10(12)18/h1-4H,(H,13,15,17)(H,14,16,18). The fourth-order valence-corrected chi connectivity index (χ4v) is 1.12. The largest absolute Gasteiger partial charge is 0.404 e. The Morgan fingerprint density at radius 3 is 1.56 bits per heavy atom. The van der Waals surface area contributed by atoms with E-state index in [2.05, 4.69) is 0 Å². The van der Waals surface area contributed by atoms with Gasteiger partial charge in [-0.25, -0.2) is 9.59 Å². The molecule has 0 radical (unpaired) electrons. The first-order chi connectivity index (χ1) is 8.40. The highest BCUT2D eigenvalue weighted by atomic mass is 19.1. The summed E-state index contributed by atoms with van der Waals surface area (Å²) in [5.41, 5.74) is -0.389. The lowest BCUT2D eigenvalue weighted by Crippen LogP contribution is -2.28. The zero-order chi connectivity index (χ0) is 13.7. The molecular weight excluding hydrogens is 250 g/mol. The Morgan fingerprint density at radius 2 is 1.22 bits per heavy atom. The normalized spacial score (nSPS) is 9.44. The van der Waals surface area contributed by atoms with Crippen LogP contribution in [0.3, 0.4) is 0 Å². The zero-order valence-corrected chi connectivity index (χ0v) is 8.70. The maximum Gasteiger partial charge on any atom is 0.404 e. The molecule has 0 heterocycles. The lowest BCUT2D eigenvalue weighted by Gasteiger charge is -2.03. The van der Waals surface area contributed by atoms with Crippen LogP contribution in [0.25, 0.3) is 0 Å². The second-order valence-electron chi connectivity index (χ2n) is 3.04. The molecule has 0 aliphatic rings. The number of rotatable bonds is 2. The van der Waals surface area contributed by atoms with Crippen molar-refractivity contribution < 1.29 is 28.0 Å². The molecular formula is C10H6F2N2O4. The van der Waals surface area contributed by atoms with Crippen LogP contribution >= 0.6 is 0 Å². The third-order valence-electron chi connectivity index (χ3n) is 1.81. The molecule has 0 atom stereocenters. The number of hydrogen-bond donors (Lipinski definition) is 2. The van der Waals surface area contributed by atoms with E-state index in [1.807, 2.05) is 0 Å². The molecule has 0 saturated carbocycles. The Morgan fingerprint density at radius 1 is 0.833 bits per heavy atom. The first-order valence-corrected chi connectivity index (χ1v) is 4.52. The molecule has 0 aliphatic heterocycles. The minimum atomic E-state index is -2.05. The van der Waals surface area contributed by atoms with Crippen molar-refractivity contribution in [3.05, 3.63) is 35.4 Å². The summed E-state index contributed by atoms with van der Waals surface area (Å²) in [6.45, 7) is 0. The van der Waals surface area contributed by atoms with Gasteiger partial charge in [-0.05, 0) is 18.2 Å². The van der Waals surface area contributed by atoms with Crippen LogP contribution in [-0.2, 0) is 0 Å². The first-order valence-electron chi connectivity index (χ1n) is 4.52. The van der Waals surface area contributed by atoms with Gasteiger partial charge in [0.25, 0.3) is 11.8 Å². The highest BCUT2D eigenvalue weighted by Crippen LogP contribution is 2.05. The van der Waals surface area contributed by atoms with Gasteiger partial charge in [0, 0.05) is 11.1 Å². The number of halogens is 2. The van der Waals surface area contributed by atoms with Crippen LogP contribution in [0, 0.1) is 0 Å². The van der Waals surface area contributed by atoms with Crippen molar-refractivity contribution in [2.24, 2.45) is 0 Å². The Hall–Kier alpha value is -2.64. The molecule has 4 amide bonds. The molecule has 0 saturated heterocycles. The van der Waals surface area contributed by atoms with Crippen molar-refractivity contribution in [1.29, 1.82) is 0 Å². The maximum atomic E-state index is 11.9. The van der Waals surface area contributed by atoms with Crippen molar-refractivity contribution >= 4 is 24.1 Å². The van der Waals surface area contributed by atoms with Crippen LogP contribution in [0.1, 0.15) is 20.7 Å². The van der Waals surface area contributed by atoms with Crippen LogP contribution in [0.15, 0.2) is 24.3 Å². The second-order valence-corrected chi connectivity index (χ2v) is 3.04. The lowest BCUT2D eigenvalue weighted by atomic mass is 10.1. The number of nitrogens with one attached hydrogen (secondary N) is 2. The van der Waals surface area contributed by atoms with E-state index < -0.39 is 24.1 Å². The van der Waals surface area contributed by atoms with Crippen LogP contribution in [0.2, 0.25) is 0 Å². The Kier molecular flexibility index (Phi) is 4.19. The summed E-state index contributed by atoms with van der Waals surface area (Å²) >= 11 is 0. The summed E-state index contributed by atoms with van der Waals surface area (Å²) in [7, 11) is 0. The van der Waals surface area contributed by atoms with E-state index >= 15 is 0 Å². The molecule has 0 aliphatic carbocycles. The first kappa shape index (κ1) is 13.4. The van der Waals surface area contributed by atoms with Gasteiger partial charge in [0.2, 0.25) is 0 Å². The molecule has 6 nitrogen and oxygen atoms in total. The van der Waals surface area contributed by atoms with Crippen LogP contribution in [0.4, 0.5) is 18.4 Å².